The zero-order chi connectivity index (χ0) is 8.06. The first-order valence-electron chi connectivity index (χ1n) is 4.23. The fourth-order valence-corrected chi connectivity index (χ4v) is 1.62. The Morgan fingerprint density at radius 1 is 1.50 bits per heavy atom. The van der Waals surface area contributed by atoms with E-state index in [4.69, 9.17) is 0 Å². The first-order chi connectivity index (χ1) is 5.08. The van der Waals surface area contributed by atoms with Crippen LogP contribution in [-0.4, -0.2) is 29.4 Å². The maximum Gasteiger partial charge on any atom is 0.226 e. The Balaban J connectivity index is 0.000000720. The van der Waals surface area contributed by atoms with Crippen LogP contribution in [0.25, 0.3) is 0 Å². The number of rotatable bonds is 1. The summed E-state index contributed by atoms with van der Waals surface area (Å²) in [6, 6.07) is 0. The molecule has 1 heterocycles. The van der Waals surface area contributed by atoms with Gasteiger partial charge < -0.3 is 23.0 Å². The number of quaternary nitrogens is 1. The summed E-state index contributed by atoms with van der Waals surface area (Å²) in [6.07, 6.45) is 2.23. The van der Waals surface area contributed by atoms with E-state index in [0.29, 0.717) is 11.8 Å². The third-order valence-corrected chi connectivity index (χ3v) is 2.38. The lowest BCUT2D eigenvalue weighted by Gasteiger charge is -2.42. The molecular weight excluding hydrogens is 176 g/mol. The van der Waals surface area contributed by atoms with Gasteiger partial charge >= 0.3 is 0 Å². The second-order valence-electron chi connectivity index (χ2n) is 4.28. The molecule has 3 N–H and O–H groups in total. The molecule has 1 aliphatic heterocycles. The maximum atomic E-state index is 11.4. The van der Waals surface area contributed by atoms with Crippen LogP contribution in [0.5, 0.6) is 0 Å². The van der Waals surface area contributed by atoms with Crippen molar-refractivity contribution in [2.45, 2.75) is 25.3 Å². The highest BCUT2D eigenvalue weighted by atomic mass is 35.5. The normalized spacial score (nSPS) is 25.7. The Labute approximate surface area is 78.7 Å². The summed E-state index contributed by atoms with van der Waals surface area (Å²) in [5, 5.41) is 0. The summed E-state index contributed by atoms with van der Waals surface area (Å²) in [6.45, 7) is 3.83. The highest BCUT2D eigenvalue weighted by molar-refractivity contribution is 5.82. The van der Waals surface area contributed by atoms with E-state index in [2.05, 4.69) is 12.7 Å². The van der Waals surface area contributed by atoms with Crippen LogP contribution >= 0.6 is 0 Å². The Hall–Kier alpha value is -0.280. The summed E-state index contributed by atoms with van der Waals surface area (Å²) < 4.78 is 0. The number of carbonyl (C=O) groups is 1. The van der Waals surface area contributed by atoms with Crippen molar-refractivity contribution in [2.75, 3.05) is 13.1 Å². The van der Waals surface area contributed by atoms with Crippen molar-refractivity contribution < 1.29 is 22.9 Å². The standard InChI is InChI=1S/C8H14N2O.ClH/c1-8(9)4-10(5-8)7(11)6-2-3-6;/h6H,2-5,9H2,1H3;1H. The van der Waals surface area contributed by atoms with Crippen molar-refractivity contribution in [3.8, 4) is 0 Å². The van der Waals surface area contributed by atoms with Gasteiger partial charge in [0.15, 0.2) is 0 Å². The van der Waals surface area contributed by atoms with Gasteiger partial charge in [-0.3, -0.25) is 4.79 Å². The van der Waals surface area contributed by atoms with Crippen LogP contribution in [0.4, 0.5) is 0 Å². The van der Waals surface area contributed by atoms with Crippen LogP contribution in [0.2, 0.25) is 0 Å². The molecule has 2 fully saturated rings. The molecule has 0 aromatic carbocycles. The monoisotopic (exact) mass is 190 g/mol. The number of carbonyl (C=O) groups excluding carboxylic acids is 1. The number of likely N-dealkylation sites (tertiary alicyclic amines) is 1. The number of hydrogen-bond donors (Lipinski definition) is 1. The van der Waals surface area contributed by atoms with Crippen molar-refractivity contribution >= 4 is 5.91 Å². The van der Waals surface area contributed by atoms with Gasteiger partial charge in [-0.25, -0.2) is 0 Å². The van der Waals surface area contributed by atoms with Crippen molar-refractivity contribution in [2.24, 2.45) is 5.92 Å². The largest absolute Gasteiger partial charge is 1.00 e. The average molecular weight is 191 g/mol. The molecular formula is C8H15ClN2O. The molecule has 1 saturated carbocycles. The van der Waals surface area contributed by atoms with Gasteiger partial charge in [0.25, 0.3) is 0 Å². The number of halogens is 1. The minimum atomic E-state index is 0. The fourth-order valence-electron chi connectivity index (χ4n) is 1.62. The molecule has 0 aromatic rings. The second kappa shape index (κ2) is 2.89. The van der Waals surface area contributed by atoms with Crippen molar-refractivity contribution in [1.29, 1.82) is 0 Å². The minimum Gasteiger partial charge on any atom is -1.00 e. The number of nitrogens with zero attached hydrogens (tertiary/aromatic N) is 1. The molecule has 0 radical (unpaired) electrons. The lowest BCUT2D eigenvalue weighted by molar-refractivity contribution is -0.494. The van der Waals surface area contributed by atoms with E-state index >= 15 is 0 Å². The molecule has 0 bridgehead atoms. The third-order valence-electron chi connectivity index (χ3n) is 2.38. The van der Waals surface area contributed by atoms with E-state index in [1.54, 1.807) is 0 Å². The van der Waals surface area contributed by atoms with Gasteiger partial charge in [0, 0.05) is 5.92 Å². The van der Waals surface area contributed by atoms with Gasteiger partial charge in [-0.15, -0.1) is 0 Å². The number of hydrogen-bond acceptors (Lipinski definition) is 1. The van der Waals surface area contributed by atoms with Gasteiger partial charge in [0.1, 0.15) is 5.54 Å². The molecule has 3 nitrogen and oxygen atoms in total. The summed E-state index contributed by atoms with van der Waals surface area (Å²) in [7, 11) is 0. The molecule has 0 unspecified atom stereocenters. The Bertz CT molecular complexity index is 193. The minimum absolute atomic E-state index is 0. The Morgan fingerprint density at radius 2 is 2.00 bits per heavy atom. The highest BCUT2D eigenvalue weighted by Crippen LogP contribution is 2.33. The molecule has 0 spiro atoms. The molecule has 2 rings (SSSR count). The van der Waals surface area contributed by atoms with E-state index in [-0.39, 0.29) is 17.9 Å². The topological polar surface area (TPSA) is 48.0 Å². The maximum absolute atomic E-state index is 11.4. The van der Waals surface area contributed by atoms with Crippen LogP contribution in [0.15, 0.2) is 0 Å². The summed E-state index contributed by atoms with van der Waals surface area (Å²) in [4.78, 5) is 13.3. The van der Waals surface area contributed by atoms with Crippen LogP contribution in [0, 0.1) is 5.92 Å². The van der Waals surface area contributed by atoms with Gasteiger partial charge in [0.05, 0.1) is 13.1 Å². The van der Waals surface area contributed by atoms with E-state index in [1.807, 2.05) is 4.90 Å². The van der Waals surface area contributed by atoms with Crippen LogP contribution in [0.3, 0.4) is 0 Å². The third kappa shape index (κ3) is 1.72. The molecule has 1 amide bonds. The lowest BCUT2D eigenvalue weighted by atomic mass is 9.93. The van der Waals surface area contributed by atoms with Gasteiger partial charge in [0.2, 0.25) is 5.91 Å². The molecule has 4 heteroatoms. The first kappa shape index (κ1) is 9.81. The average Bonchev–Trinajstić information content (AvgIpc) is 2.61. The molecule has 1 aliphatic carbocycles. The van der Waals surface area contributed by atoms with Crippen molar-refractivity contribution in [3.63, 3.8) is 0 Å². The summed E-state index contributed by atoms with van der Waals surface area (Å²) >= 11 is 0. The van der Waals surface area contributed by atoms with Crippen molar-refractivity contribution in [1.82, 2.24) is 4.90 Å². The smallest absolute Gasteiger partial charge is 0.226 e. The van der Waals surface area contributed by atoms with Gasteiger partial charge in [-0.05, 0) is 19.8 Å². The van der Waals surface area contributed by atoms with Gasteiger partial charge in [-0.2, -0.15) is 0 Å². The Morgan fingerprint density at radius 3 is 2.33 bits per heavy atom. The predicted molar refractivity (Wildman–Crippen MR) is 40.6 cm³/mol. The molecule has 0 aromatic heterocycles. The van der Waals surface area contributed by atoms with Crippen LogP contribution < -0.4 is 18.1 Å². The summed E-state index contributed by atoms with van der Waals surface area (Å²) in [5.41, 5.74) is 4.14. The van der Waals surface area contributed by atoms with E-state index in [0.717, 1.165) is 25.9 Å². The summed E-state index contributed by atoms with van der Waals surface area (Å²) in [5.74, 6) is 0.747. The molecule has 70 valence electrons. The molecule has 1 saturated heterocycles. The molecule has 0 atom stereocenters. The highest BCUT2D eigenvalue weighted by Gasteiger charge is 2.45. The van der Waals surface area contributed by atoms with E-state index in [1.165, 1.54) is 0 Å². The predicted octanol–water partition coefficient (Wildman–Crippen LogP) is -3.76. The molecule has 2 aliphatic rings. The first-order valence-corrected chi connectivity index (χ1v) is 4.23. The van der Waals surface area contributed by atoms with Gasteiger partial charge in [-0.1, -0.05) is 0 Å². The van der Waals surface area contributed by atoms with Crippen molar-refractivity contribution in [3.05, 3.63) is 0 Å². The molecule has 12 heavy (non-hydrogen) atoms. The number of amides is 1. The quantitative estimate of drug-likeness (QED) is 0.454. The zero-order valence-electron chi connectivity index (χ0n) is 7.35. The Kier molecular flexibility index (Phi) is 2.36. The zero-order valence-corrected chi connectivity index (χ0v) is 8.10. The fraction of sp³-hybridized carbons (Fsp3) is 0.875. The lowest BCUT2D eigenvalue weighted by Crippen LogP contribution is -3.00. The van der Waals surface area contributed by atoms with Crippen LogP contribution in [0.1, 0.15) is 19.8 Å². The van der Waals surface area contributed by atoms with E-state index < -0.39 is 0 Å². The van der Waals surface area contributed by atoms with E-state index in [9.17, 15) is 4.79 Å². The SMILES string of the molecule is CC1([NH3+])CN(C(=O)C2CC2)C1.[Cl-]. The second-order valence-corrected chi connectivity index (χ2v) is 4.28. The van der Waals surface area contributed by atoms with Crippen LogP contribution in [-0.2, 0) is 4.79 Å².